The van der Waals surface area contributed by atoms with Crippen LogP contribution in [0, 0.1) is 6.92 Å². The zero-order valence-corrected chi connectivity index (χ0v) is 9.37. The Morgan fingerprint density at radius 3 is 3.08 bits per heavy atom. The maximum atomic E-state index is 4.42. The van der Waals surface area contributed by atoms with Crippen molar-refractivity contribution in [2.24, 2.45) is 0 Å². The van der Waals surface area contributed by atoms with Crippen LogP contribution in [-0.2, 0) is 6.42 Å². The fourth-order valence-electron chi connectivity index (χ4n) is 1.23. The molecule has 0 saturated carbocycles. The average molecular weight is 245 g/mol. The molecule has 4 heteroatoms. The van der Waals surface area contributed by atoms with Crippen molar-refractivity contribution in [2.75, 3.05) is 0 Å². The van der Waals surface area contributed by atoms with Gasteiger partial charge >= 0.3 is 0 Å². The van der Waals surface area contributed by atoms with Gasteiger partial charge in [0.15, 0.2) is 4.96 Å². The van der Waals surface area contributed by atoms with Gasteiger partial charge in [0.05, 0.1) is 5.69 Å². The van der Waals surface area contributed by atoms with Crippen LogP contribution in [-0.4, -0.2) is 9.38 Å². The molecule has 2 aromatic heterocycles. The van der Waals surface area contributed by atoms with E-state index in [0.717, 1.165) is 21.7 Å². The maximum Gasteiger partial charge on any atom is 0.195 e. The average Bonchev–Trinajstić information content (AvgIpc) is 2.55. The Labute approximate surface area is 83.4 Å². The summed E-state index contributed by atoms with van der Waals surface area (Å²) in [7, 11) is 0. The number of fused-ring (bicyclic) bond motifs is 1. The van der Waals surface area contributed by atoms with E-state index >= 15 is 0 Å². The molecule has 0 saturated heterocycles. The van der Waals surface area contributed by atoms with E-state index in [-0.39, 0.29) is 0 Å². The van der Waals surface area contributed by atoms with E-state index in [2.05, 4.69) is 37.6 Å². The second-order valence-corrected chi connectivity index (χ2v) is 4.27. The number of hydrogen-bond donors (Lipinski definition) is 0. The molecule has 2 nitrogen and oxygen atoms in total. The lowest BCUT2D eigenvalue weighted by molar-refractivity contribution is 0.985. The highest BCUT2D eigenvalue weighted by Gasteiger charge is 2.09. The topological polar surface area (TPSA) is 17.3 Å². The Morgan fingerprint density at radius 2 is 2.42 bits per heavy atom. The first kappa shape index (κ1) is 8.26. The second kappa shape index (κ2) is 2.85. The first-order valence-electron chi connectivity index (χ1n) is 3.85. The van der Waals surface area contributed by atoms with E-state index in [0.29, 0.717) is 0 Å². The van der Waals surface area contributed by atoms with Gasteiger partial charge in [0, 0.05) is 11.1 Å². The molecule has 0 radical (unpaired) electrons. The standard InChI is InChI=1S/C8H9BrN2S/c1-3-6-4-12-8-10-5(2)7(9)11(6)8/h4H,3H2,1-2H3. The summed E-state index contributed by atoms with van der Waals surface area (Å²) in [6.07, 6.45) is 1.05. The second-order valence-electron chi connectivity index (χ2n) is 2.69. The first-order chi connectivity index (χ1) is 5.74. The third-order valence-electron chi connectivity index (χ3n) is 1.90. The van der Waals surface area contributed by atoms with Gasteiger partial charge in [0.1, 0.15) is 4.60 Å². The van der Waals surface area contributed by atoms with Gasteiger partial charge in [-0.1, -0.05) is 6.92 Å². The van der Waals surface area contributed by atoms with Gasteiger partial charge in [-0.3, -0.25) is 4.40 Å². The molecule has 0 aromatic carbocycles. The van der Waals surface area contributed by atoms with Crippen LogP contribution in [0.4, 0.5) is 0 Å². The normalized spacial score (nSPS) is 11.2. The molecule has 0 atom stereocenters. The van der Waals surface area contributed by atoms with E-state index in [1.165, 1.54) is 5.69 Å². The molecule has 0 unspecified atom stereocenters. The summed E-state index contributed by atoms with van der Waals surface area (Å²) >= 11 is 5.22. The van der Waals surface area contributed by atoms with Crippen molar-refractivity contribution in [2.45, 2.75) is 20.3 Å². The van der Waals surface area contributed by atoms with Crippen LogP contribution in [0.3, 0.4) is 0 Å². The molecule has 0 bridgehead atoms. The largest absolute Gasteiger partial charge is 0.281 e. The van der Waals surface area contributed by atoms with E-state index in [1.807, 2.05) is 6.92 Å². The minimum atomic E-state index is 1.05. The van der Waals surface area contributed by atoms with Crippen molar-refractivity contribution < 1.29 is 0 Å². The van der Waals surface area contributed by atoms with Gasteiger partial charge in [-0.15, -0.1) is 11.3 Å². The van der Waals surface area contributed by atoms with Crippen molar-refractivity contribution in [3.05, 3.63) is 21.4 Å². The molecule has 0 aliphatic heterocycles. The smallest absolute Gasteiger partial charge is 0.195 e. The summed E-state index contributed by atoms with van der Waals surface area (Å²) in [5, 5.41) is 2.16. The zero-order valence-electron chi connectivity index (χ0n) is 6.97. The highest BCUT2D eigenvalue weighted by molar-refractivity contribution is 9.10. The lowest BCUT2D eigenvalue weighted by atomic mass is 10.4. The summed E-state index contributed by atoms with van der Waals surface area (Å²) in [6.45, 7) is 4.17. The molecular weight excluding hydrogens is 236 g/mol. The van der Waals surface area contributed by atoms with Crippen LogP contribution >= 0.6 is 27.3 Å². The molecule has 0 aliphatic rings. The zero-order chi connectivity index (χ0) is 8.72. The van der Waals surface area contributed by atoms with Crippen LogP contribution in [0.5, 0.6) is 0 Å². The minimum Gasteiger partial charge on any atom is -0.281 e. The van der Waals surface area contributed by atoms with Crippen molar-refractivity contribution in [1.29, 1.82) is 0 Å². The molecule has 0 amide bonds. The summed E-state index contributed by atoms with van der Waals surface area (Å²) in [4.78, 5) is 5.50. The van der Waals surface area contributed by atoms with Gasteiger partial charge in [-0.05, 0) is 29.3 Å². The van der Waals surface area contributed by atoms with E-state index in [1.54, 1.807) is 11.3 Å². The summed E-state index contributed by atoms with van der Waals surface area (Å²) in [5.41, 5.74) is 2.39. The van der Waals surface area contributed by atoms with Crippen LogP contribution in [0.15, 0.2) is 9.98 Å². The Hall–Kier alpha value is -0.350. The fourth-order valence-corrected chi connectivity index (χ4v) is 2.85. The van der Waals surface area contributed by atoms with Gasteiger partial charge in [0.25, 0.3) is 0 Å². The molecular formula is C8H9BrN2S. The van der Waals surface area contributed by atoms with Crippen molar-refractivity contribution in [3.63, 3.8) is 0 Å². The van der Waals surface area contributed by atoms with E-state index in [9.17, 15) is 0 Å². The van der Waals surface area contributed by atoms with Crippen molar-refractivity contribution in [3.8, 4) is 0 Å². The molecule has 12 heavy (non-hydrogen) atoms. The van der Waals surface area contributed by atoms with Crippen LogP contribution < -0.4 is 0 Å². The highest BCUT2D eigenvalue weighted by Crippen LogP contribution is 2.24. The van der Waals surface area contributed by atoms with Crippen LogP contribution in [0.2, 0.25) is 0 Å². The number of aromatic nitrogens is 2. The number of halogens is 1. The lowest BCUT2D eigenvalue weighted by Gasteiger charge is -1.94. The number of imidazole rings is 1. The predicted octanol–water partition coefficient (Wildman–Crippen LogP) is 3.03. The Morgan fingerprint density at radius 1 is 1.67 bits per heavy atom. The van der Waals surface area contributed by atoms with Crippen LogP contribution in [0.25, 0.3) is 4.96 Å². The van der Waals surface area contributed by atoms with E-state index < -0.39 is 0 Å². The van der Waals surface area contributed by atoms with Gasteiger partial charge < -0.3 is 0 Å². The number of thiazole rings is 1. The first-order valence-corrected chi connectivity index (χ1v) is 5.52. The molecule has 64 valence electrons. The van der Waals surface area contributed by atoms with Crippen LogP contribution in [0.1, 0.15) is 18.3 Å². The number of rotatable bonds is 1. The van der Waals surface area contributed by atoms with Gasteiger partial charge in [0.2, 0.25) is 0 Å². The molecule has 2 heterocycles. The third-order valence-corrected chi connectivity index (χ3v) is 3.70. The Kier molecular flexibility index (Phi) is 1.96. The molecule has 2 rings (SSSR count). The molecule has 2 aromatic rings. The number of hydrogen-bond acceptors (Lipinski definition) is 2. The Balaban J connectivity index is 2.82. The van der Waals surface area contributed by atoms with E-state index in [4.69, 9.17) is 0 Å². The maximum absolute atomic E-state index is 4.42. The number of nitrogens with zero attached hydrogens (tertiary/aromatic N) is 2. The fraction of sp³-hybridized carbons (Fsp3) is 0.375. The third kappa shape index (κ3) is 1.02. The van der Waals surface area contributed by atoms with Crippen molar-refractivity contribution >= 4 is 32.2 Å². The summed E-state index contributed by atoms with van der Waals surface area (Å²) in [5.74, 6) is 0. The van der Waals surface area contributed by atoms with Gasteiger partial charge in [-0.25, -0.2) is 4.98 Å². The summed E-state index contributed by atoms with van der Waals surface area (Å²) < 4.78 is 3.26. The molecule has 0 N–H and O–H groups in total. The molecule has 0 aliphatic carbocycles. The monoisotopic (exact) mass is 244 g/mol. The molecule has 0 spiro atoms. The van der Waals surface area contributed by atoms with Crippen molar-refractivity contribution in [1.82, 2.24) is 9.38 Å². The summed E-state index contributed by atoms with van der Waals surface area (Å²) in [6, 6.07) is 0. The highest BCUT2D eigenvalue weighted by atomic mass is 79.9. The lowest BCUT2D eigenvalue weighted by Crippen LogP contribution is -1.87. The molecule has 0 fully saturated rings. The Bertz CT molecular complexity index is 416. The minimum absolute atomic E-state index is 1.05. The quantitative estimate of drug-likeness (QED) is 0.754. The number of aryl methyl sites for hydroxylation is 2. The SMILES string of the molecule is CCc1csc2nc(C)c(Br)n12. The predicted molar refractivity (Wildman–Crippen MR) is 54.9 cm³/mol. The van der Waals surface area contributed by atoms with Gasteiger partial charge in [-0.2, -0.15) is 0 Å².